The van der Waals surface area contributed by atoms with Gasteiger partial charge >= 0.3 is 0 Å². The lowest BCUT2D eigenvalue weighted by molar-refractivity contribution is 0.624. The Bertz CT molecular complexity index is 456. The van der Waals surface area contributed by atoms with Crippen LogP contribution in [0, 0.1) is 5.82 Å². The summed E-state index contributed by atoms with van der Waals surface area (Å²) in [5.74, 6) is -0.362. The normalized spacial score (nSPS) is 10.4. The first-order chi connectivity index (χ1) is 6.81. The van der Waals surface area contributed by atoms with Crippen molar-refractivity contribution < 1.29 is 4.39 Å². The number of nitrogens with zero attached hydrogens (tertiary/aromatic N) is 2. The van der Waals surface area contributed by atoms with E-state index in [9.17, 15) is 4.39 Å². The van der Waals surface area contributed by atoms with E-state index in [1.165, 1.54) is 12.3 Å². The van der Waals surface area contributed by atoms with Gasteiger partial charge in [-0.3, -0.25) is 4.98 Å². The van der Waals surface area contributed by atoms with Crippen molar-refractivity contribution in [3.8, 4) is 0 Å². The van der Waals surface area contributed by atoms with Crippen LogP contribution in [0.1, 0.15) is 6.92 Å². The maximum absolute atomic E-state index is 12.8. The lowest BCUT2D eigenvalue weighted by atomic mass is 10.3. The number of aromatic nitrogens is 2. The molecule has 0 fully saturated rings. The van der Waals surface area contributed by atoms with Crippen molar-refractivity contribution in [2.45, 2.75) is 6.92 Å². The lowest BCUT2D eigenvalue weighted by Gasteiger charge is -2.05. The molecule has 14 heavy (non-hydrogen) atoms. The third-order valence-corrected chi connectivity index (χ3v) is 1.91. The van der Waals surface area contributed by atoms with Crippen molar-refractivity contribution in [2.75, 3.05) is 11.9 Å². The minimum Gasteiger partial charge on any atom is -0.383 e. The number of nitrogens with one attached hydrogen (secondary N) is 1. The Morgan fingerprint density at radius 2 is 2.29 bits per heavy atom. The fourth-order valence-electron chi connectivity index (χ4n) is 1.34. The van der Waals surface area contributed by atoms with Crippen LogP contribution >= 0.6 is 0 Å². The van der Waals surface area contributed by atoms with E-state index in [0.717, 1.165) is 12.2 Å². The van der Waals surface area contributed by atoms with Crippen LogP contribution in [0.2, 0.25) is 0 Å². The Balaban J connectivity index is 2.62. The standard InChI is InChI=1S/C10H10FN3/c1-2-12-8-3-4-13-9-5-7(11)6-14-10(8)9/h3-6H,2H2,1H3,(H,12,13). The number of pyridine rings is 2. The maximum Gasteiger partial charge on any atom is 0.143 e. The second-order valence-corrected chi connectivity index (χ2v) is 2.91. The Hall–Kier alpha value is -1.71. The number of rotatable bonds is 2. The summed E-state index contributed by atoms with van der Waals surface area (Å²) in [6, 6.07) is 3.21. The summed E-state index contributed by atoms with van der Waals surface area (Å²) in [6.45, 7) is 2.80. The highest BCUT2D eigenvalue weighted by molar-refractivity contribution is 5.86. The highest BCUT2D eigenvalue weighted by Crippen LogP contribution is 2.18. The predicted molar refractivity (Wildman–Crippen MR) is 53.7 cm³/mol. The zero-order chi connectivity index (χ0) is 9.97. The first-order valence-corrected chi connectivity index (χ1v) is 4.45. The predicted octanol–water partition coefficient (Wildman–Crippen LogP) is 2.20. The summed E-state index contributed by atoms with van der Waals surface area (Å²) in [4.78, 5) is 8.04. The molecule has 2 heterocycles. The summed E-state index contributed by atoms with van der Waals surface area (Å²) >= 11 is 0. The third kappa shape index (κ3) is 1.51. The Labute approximate surface area is 81.0 Å². The molecule has 3 nitrogen and oxygen atoms in total. The fourth-order valence-corrected chi connectivity index (χ4v) is 1.34. The highest BCUT2D eigenvalue weighted by atomic mass is 19.1. The molecule has 0 saturated heterocycles. The molecule has 0 atom stereocenters. The van der Waals surface area contributed by atoms with E-state index in [1.54, 1.807) is 6.20 Å². The molecule has 0 spiro atoms. The van der Waals surface area contributed by atoms with Crippen molar-refractivity contribution in [1.29, 1.82) is 0 Å². The van der Waals surface area contributed by atoms with E-state index in [1.807, 2.05) is 13.0 Å². The Morgan fingerprint density at radius 1 is 1.43 bits per heavy atom. The van der Waals surface area contributed by atoms with E-state index in [-0.39, 0.29) is 5.82 Å². The average molecular weight is 191 g/mol. The summed E-state index contributed by atoms with van der Waals surface area (Å²) < 4.78 is 12.8. The molecule has 2 aromatic heterocycles. The van der Waals surface area contributed by atoms with Crippen LogP contribution in [-0.2, 0) is 0 Å². The number of anilines is 1. The second-order valence-electron chi connectivity index (χ2n) is 2.91. The molecule has 2 aromatic rings. The van der Waals surface area contributed by atoms with E-state index in [0.29, 0.717) is 11.0 Å². The molecule has 2 rings (SSSR count). The summed E-state index contributed by atoms with van der Waals surface area (Å²) in [7, 11) is 0. The fraction of sp³-hybridized carbons (Fsp3) is 0.200. The molecule has 0 aliphatic rings. The molecule has 72 valence electrons. The zero-order valence-electron chi connectivity index (χ0n) is 7.79. The monoisotopic (exact) mass is 191 g/mol. The largest absolute Gasteiger partial charge is 0.383 e. The van der Waals surface area contributed by atoms with Gasteiger partial charge in [-0.2, -0.15) is 0 Å². The molecule has 0 bridgehead atoms. The van der Waals surface area contributed by atoms with Gasteiger partial charge in [0.1, 0.15) is 11.3 Å². The quantitative estimate of drug-likeness (QED) is 0.790. The molecule has 0 aliphatic carbocycles. The highest BCUT2D eigenvalue weighted by Gasteiger charge is 2.02. The maximum atomic E-state index is 12.8. The van der Waals surface area contributed by atoms with Crippen LogP contribution in [0.15, 0.2) is 24.5 Å². The lowest BCUT2D eigenvalue weighted by Crippen LogP contribution is -1.99. The summed E-state index contributed by atoms with van der Waals surface area (Å²) in [5.41, 5.74) is 2.16. The summed E-state index contributed by atoms with van der Waals surface area (Å²) in [6.07, 6.45) is 2.84. The minimum atomic E-state index is -0.362. The minimum absolute atomic E-state index is 0.362. The van der Waals surface area contributed by atoms with Crippen molar-refractivity contribution in [2.24, 2.45) is 0 Å². The van der Waals surface area contributed by atoms with Gasteiger partial charge in [0.15, 0.2) is 0 Å². The van der Waals surface area contributed by atoms with Gasteiger partial charge in [0.2, 0.25) is 0 Å². The number of hydrogen-bond donors (Lipinski definition) is 1. The smallest absolute Gasteiger partial charge is 0.143 e. The van der Waals surface area contributed by atoms with Gasteiger partial charge in [-0.25, -0.2) is 9.37 Å². The molecule has 0 aliphatic heterocycles. The van der Waals surface area contributed by atoms with Gasteiger partial charge in [0.25, 0.3) is 0 Å². The van der Waals surface area contributed by atoms with Crippen LogP contribution in [0.25, 0.3) is 11.0 Å². The molecule has 0 saturated carbocycles. The van der Waals surface area contributed by atoms with Crippen LogP contribution in [0.4, 0.5) is 10.1 Å². The Morgan fingerprint density at radius 3 is 3.07 bits per heavy atom. The third-order valence-electron chi connectivity index (χ3n) is 1.91. The van der Waals surface area contributed by atoms with Crippen molar-refractivity contribution in [3.05, 3.63) is 30.3 Å². The van der Waals surface area contributed by atoms with Gasteiger partial charge in [-0.15, -0.1) is 0 Å². The van der Waals surface area contributed by atoms with Gasteiger partial charge in [0, 0.05) is 18.8 Å². The van der Waals surface area contributed by atoms with Crippen LogP contribution < -0.4 is 5.32 Å². The van der Waals surface area contributed by atoms with E-state index in [4.69, 9.17) is 0 Å². The number of hydrogen-bond acceptors (Lipinski definition) is 3. The van der Waals surface area contributed by atoms with Crippen LogP contribution in [0.5, 0.6) is 0 Å². The summed E-state index contributed by atoms with van der Waals surface area (Å²) in [5, 5.41) is 3.15. The van der Waals surface area contributed by atoms with E-state index in [2.05, 4.69) is 15.3 Å². The van der Waals surface area contributed by atoms with Gasteiger partial charge in [-0.05, 0) is 13.0 Å². The SMILES string of the molecule is CCNc1ccnc2cc(F)cnc12. The van der Waals surface area contributed by atoms with Crippen molar-refractivity contribution in [3.63, 3.8) is 0 Å². The van der Waals surface area contributed by atoms with Crippen molar-refractivity contribution in [1.82, 2.24) is 9.97 Å². The molecule has 1 N–H and O–H groups in total. The molecular formula is C10H10FN3. The van der Waals surface area contributed by atoms with Crippen LogP contribution in [0.3, 0.4) is 0 Å². The molecule has 0 unspecified atom stereocenters. The van der Waals surface area contributed by atoms with E-state index >= 15 is 0 Å². The molecule has 0 amide bonds. The second kappa shape index (κ2) is 3.57. The first kappa shape index (κ1) is 8.87. The van der Waals surface area contributed by atoms with Gasteiger partial charge in [0.05, 0.1) is 17.4 Å². The number of halogens is 1. The topological polar surface area (TPSA) is 37.8 Å². The number of fused-ring (bicyclic) bond motifs is 1. The molecular weight excluding hydrogens is 181 g/mol. The Kier molecular flexibility index (Phi) is 2.26. The van der Waals surface area contributed by atoms with Crippen molar-refractivity contribution >= 4 is 16.7 Å². The first-order valence-electron chi connectivity index (χ1n) is 4.45. The zero-order valence-corrected chi connectivity index (χ0v) is 7.79. The molecule has 4 heteroatoms. The van der Waals surface area contributed by atoms with Crippen LogP contribution in [-0.4, -0.2) is 16.5 Å². The molecule has 0 aromatic carbocycles. The van der Waals surface area contributed by atoms with Gasteiger partial charge < -0.3 is 5.32 Å². The van der Waals surface area contributed by atoms with Gasteiger partial charge in [-0.1, -0.05) is 0 Å². The molecule has 0 radical (unpaired) electrons. The van der Waals surface area contributed by atoms with E-state index < -0.39 is 0 Å². The average Bonchev–Trinajstić information content (AvgIpc) is 2.18.